The van der Waals surface area contributed by atoms with Crippen molar-refractivity contribution >= 4 is 28.3 Å². The Morgan fingerprint density at radius 1 is 0.767 bits per heavy atom. The zero-order chi connectivity index (χ0) is 20.5. The Morgan fingerprint density at radius 3 is 2.03 bits per heavy atom. The summed E-state index contributed by atoms with van der Waals surface area (Å²) in [5, 5.41) is 1.75. The van der Waals surface area contributed by atoms with E-state index in [1.165, 1.54) is 10.6 Å². The van der Waals surface area contributed by atoms with Gasteiger partial charge in [-0.15, -0.1) is 0 Å². The number of hydrogen-bond donors (Lipinski definition) is 1. The Labute approximate surface area is 176 Å². The van der Waals surface area contributed by atoms with Crippen LogP contribution in [0.2, 0.25) is 0 Å². The van der Waals surface area contributed by atoms with Crippen LogP contribution < -0.4 is 9.80 Å². The fourth-order valence-electron chi connectivity index (χ4n) is 4.74. The largest absolute Gasteiger partial charge is 0.360 e. The van der Waals surface area contributed by atoms with Crippen LogP contribution in [0.4, 0.5) is 5.69 Å². The van der Waals surface area contributed by atoms with Gasteiger partial charge in [-0.1, -0.05) is 42.5 Å². The van der Waals surface area contributed by atoms with Gasteiger partial charge in [-0.25, -0.2) is 0 Å². The SMILES string of the molecule is O=C1c2cccc3cccc(c23)C(=O)N1CCC[NH+]1CCN(c2ccccc2)CC1. The molecule has 3 aromatic carbocycles. The second-order valence-corrected chi connectivity index (χ2v) is 8.15. The summed E-state index contributed by atoms with van der Waals surface area (Å²) in [4.78, 5) is 31.4. The number of hydrogen-bond acceptors (Lipinski definition) is 3. The first-order valence-electron chi connectivity index (χ1n) is 10.7. The molecule has 0 aromatic heterocycles. The van der Waals surface area contributed by atoms with E-state index in [0.717, 1.165) is 49.9 Å². The smallest absolute Gasteiger partial charge is 0.261 e. The van der Waals surface area contributed by atoms with Gasteiger partial charge < -0.3 is 9.80 Å². The molecule has 0 aliphatic carbocycles. The zero-order valence-corrected chi connectivity index (χ0v) is 17.0. The lowest BCUT2D eigenvalue weighted by molar-refractivity contribution is -0.900. The number of quaternary nitrogens is 1. The number of para-hydroxylation sites is 1. The summed E-state index contributed by atoms with van der Waals surface area (Å²) in [6.07, 6.45) is 0.830. The topological polar surface area (TPSA) is 45.1 Å². The quantitative estimate of drug-likeness (QED) is 0.668. The minimum absolute atomic E-state index is 0.159. The van der Waals surface area contributed by atoms with Gasteiger partial charge in [-0.05, 0) is 29.7 Å². The lowest BCUT2D eigenvalue weighted by Gasteiger charge is -2.34. The van der Waals surface area contributed by atoms with E-state index in [9.17, 15) is 9.59 Å². The van der Waals surface area contributed by atoms with Crippen molar-refractivity contribution < 1.29 is 14.5 Å². The van der Waals surface area contributed by atoms with Crippen LogP contribution in [-0.4, -0.2) is 56.0 Å². The van der Waals surface area contributed by atoms with Crippen LogP contribution in [0.1, 0.15) is 27.1 Å². The van der Waals surface area contributed by atoms with Crippen LogP contribution >= 0.6 is 0 Å². The Morgan fingerprint density at radius 2 is 1.40 bits per heavy atom. The van der Waals surface area contributed by atoms with Gasteiger partial charge in [-0.3, -0.25) is 14.5 Å². The first-order valence-corrected chi connectivity index (χ1v) is 10.7. The molecule has 0 unspecified atom stereocenters. The molecule has 3 aromatic rings. The molecule has 2 amide bonds. The van der Waals surface area contributed by atoms with Crippen molar-refractivity contribution in [2.75, 3.05) is 44.2 Å². The molecule has 5 rings (SSSR count). The third kappa shape index (κ3) is 3.35. The molecule has 1 fully saturated rings. The first kappa shape index (κ1) is 18.8. The van der Waals surface area contributed by atoms with E-state index in [-0.39, 0.29) is 11.8 Å². The van der Waals surface area contributed by atoms with Gasteiger partial charge in [0.1, 0.15) is 0 Å². The molecule has 5 nitrogen and oxygen atoms in total. The van der Waals surface area contributed by atoms with Gasteiger partial charge >= 0.3 is 0 Å². The predicted molar refractivity (Wildman–Crippen MR) is 118 cm³/mol. The second kappa shape index (κ2) is 7.92. The van der Waals surface area contributed by atoms with E-state index in [4.69, 9.17) is 0 Å². The third-order valence-electron chi connectivity index (χ3n) is 6.36. The molecule has 1 N–H and O–H groups in total. The monoisotopic (exact) mass is 400 g/mol. The van der Waals surface area contributed by atoms with Crippen molar-refractivity contribution in [3.63, 3.8) is 0 Å². The summed E-state index contributed by atoms with van der Waals surface area (Å²) >= 11 is 0. The standard InChI is InChI=1S/C25H25N3O2/c29-24-21-11-4-7-19-8-5-12-22(23(19)21)25(30)28(24)14-6-13-26-15-17-27(18-16-26)20-9-2-1-3-10-20/h1-5,7-12H,6,13-18H2/p+1. The van der Waals surface area contributed by atoms with Gasteiger partial charge in [0.2, 0.25) is 0 Å². The number of amides is 2. The maximum atomic E-state index is 13.0. The van der Waals surface area contributed by atoms with E-state index in [0.29, 0.717) is 17.7 Å². The molecule has 2 aliphatic rings. The highest BCUT2D eigenvalue weighted by Gasteiger charge is 2.32. The first-order chi connectivity index (χ1) is 14.7. The molecule has 152 valence electrons. The summed E-state index contributed by atoms with van der Waals surface area (Å²) in [6, 6.07) is 21.9. The number of carbonyl (C=O) groups is 2. The minimum atomic E-state index is -0.159. The molecular formula is C25H26N3O2+. The number of nitrogens with zero attached hydrogens (tertiary/aromatic N) is 2. The highest BCUT2D eigenvalue weighted by atomic mass is 16.2. The molecule has 0 bridgehead atoms. The molecule has 2 aliphatic heterocycles. The van der Waals surface area contributed by atoms with Crippen molar-refractivity contribution in [2.24, 2.45) is 0 Å². The highest BCUT2D eigenvalue weighted by Crippen LogP contribution is 2.29. The number of nitrogens with one attached hydrogen (secondary N) is 1. The lowest BCUT2D eigenvalue weighted by Crippen LogP contribution is -3.15. The van der Waals surface area contributed by atoms with Crippen molar-refractivity contribution in [2.45, 2.75) is 6.42 Å². The average Bonchev–Trinajstić information content (AvgIpc) is 2.80. The predicted octanol–water partition coefficient (Wildman–Crippen LogP) is 2.23. The van der Waals surface area contributed by atoms with Crippen LogP contribution in [-0.2, 0) is 0 Å². The van der Waals surface area contributed by atoms with Crippen LogP contribution in [0.25, 0.3) is 10.8 Å². The maximum absolute atomic E-state index is 13.0. The summed E-state index contributed by atoms with van der Waals surface area (Å²) in [5.41, 5.74) is 2.58. The fraction of sp³-hybridized carbons (Fsp3) is 0.280. The third-order valence-corrected chi connectivity index (χ3v) is 6.36. The number of carbonyl (C=O) groups excluding carboxylic acids is 2. The van der Waals surface area contributed by atoms with E-state index in [2.05, 4.69) is 29.2 Å². The molecule has 1 saturated heterocycles. The Kier molecular flexibility index (Phi) is 4.97. The van der Waals surface area contributed by atoms with E-state index >= 15 is 0 Å². The normalized spacial score (nSPS) is 17.1. The van der Waals surface area contributed by atoms with E-state index in [1.807, 2.05) is 42.5 Å². The van der Waals surface area contributed by atoms with Crippen molar-refractivity contribution in [1.82, 2.24) is 4.90 Å². The molecule has 2 heterocycles. The van der Waals surface area contributed by atoms with Crippen molar-refractivity contribution in [3.8, 4) is 0 Å². The highest BCUT2D eigenvalue weighted by molar-refractivity contribution is 6.25. The lowest BCUT2D eigenvalue weighted by atomic mass is 9.94. The van der Waals surface area contributed by atoms with Crippen molar-refractivity contribution in [3.05, 3.63) is 77.9 Å². The van der Waals surface area contributed by atoms with Crippen molar-refractivity contribution in [1.29, 1.82) is 0 Å². The van der Waals surface area contributed by atoms with Gasteiger partial charge in [-0.2, -0.15) is 0 Å². The van der Waals surface area contributed by atoms with Crippen LogP contribution in [0.15, 0.2) is 66.7 Å². The minimum Gasteiger partial charge on any atom is -0.360 e. The zero-order valence-electron chi connectivity index (χ0n) is 17.0. The number of imide groups is 1. The second-order valence-electron chi connectivity index (χ2n) is 8.15. The summed E-state index contributed by atoms with van der Waals surface area (Å²) in [5.74, 6) is -0.318. The number of rotatable bonds is 5. The average molecular weight is 401 g/mol. The van der Waals surface area contributed by atoms with Gasteiger partial charge in [0.05, 0.1) is 32.7 Å². The Hall–Kier alpha value is -3.18. The fourth-order valence-corrected chi connectivity index (χ4v) is 4.74. The number of piperazine rings is 1. The van der Waals surface area contributed by atoms with E-state index in [1.54, 1.807) is 4.90 Å². The van der Waals surface area contributed by atoms with Crippen LogP contribution in [0, 0.1) is 0 Å². The maximum Gasteiger partial charge on any atom is 0.261 e. The summed E-state index contributed by atoms with van der Waals surface area (Å²) in [7, 11) is 0. The molecule has 0 spiro atoms. The Balaban J connectivity index is 1.20. The van der Waals surface area contributed by atoms with Crippen LogP contribution in [0.3, 0.4) is 0 Å². The molecule has 5 heteroatoms. The van der Waals surface area contributed by atoms with E-state index < -0.39 is 0 Å². The van der Waals surface area contributed by atoms with Gasteiger partial charge in [0.25, 0.3) is 11.8 Å². The summed E-state index contributed by atoms with van der Waals surface area (Å²) in [6.45, 7) is 5.70. The molecule has 30 heavy (non-hydrogen) atoms. The van der Waals surface area contributed by atoms with Gasteiger partial charge in [0, 0.05) is 35.2 Å². The van der Waals surface area contributed by atoms with Crippen LogP contribution in [0.5, 0.6) is 0 Å². The van der Waals surface area contributed by atoms with Gasteiger partial charge in [0.15, 0.2) is 0 Å². The molecule has 0 atom stereocenters. The molecule has 0 radical (unpaired) electrons. The number of benzene rings is 3. The molecule has 0 saturated carbocycles. The Bertz CT molecular complexity index is 1040. The summed E-state index contributed by atoms with van der Waals surface area (Å²) < 4.78 is 0. The molecular weight excluding hydrogens is 374 g/mol. The number of anilines is 1.